The molecule has 7 nitrogen and oxygen atoms in total. The van der Waals surface area contributed by atoms with Crippen molar-refractivity contribution >= 4 is 34.7 Å². The molecule has 13 heteroatoms. The number of anilines is 1. The van der Waals surface area contributed by atoms with Crippen LogP contribution < -0.4 is 10.6 Å². The van der Waals surface area contributed by atoms with E-state index in [0.29, 0.717) is 28.9 Å². The van der Waals surface area contributed by atoms with Crippen LogP contribution in [0.15, 0.2) is 73.2 Å². The molecule has 1 atom stereocenters. The molecule has 0 saturated heterocycles. The van der Waals surface area contributed by atoms with Gasteiger partial charge in [0.2, 0.25) is 0 Å². The van der Waals surface area contributed by atoms with E-state index in [1.807, 2.05) is 0 Å². The summed E-state index contributed by atoms with van der Waals surface area (Å²) in [5, 5.41) is 13.1. The number of hydrogen-bond acceptors (Lipinski definition) is 4. The number of alkyl halides is 3. The molecular weight excluding hydrogens is 569 g/mol. The number of pyridine rings is 1. The van der Waals surface area contributed by atoms with Crippen LogP contribution in [0.4, 0.5) is 27.6 Å². The number of nitrogens with zero attached hydrogens (tertiary/aromatic N) is 3. The summed E-state index contributed by atoms with van der Waals surface area (Å²) in [4.78, 5) is 26.4. The minimum absolute atomic E-state index is 0.0212. The van der Waals surface area contributed by atoms with Gasteiger partial charge in [0.15, 0.2) is 5.65 Å². The normalized spacial score (nSPS) is 14.7. The van der Waals surface area contributed by atoms with Crippen LogP contribution in [-0.2, 0) is 6.18 Å². The fourth-order valence-corrected chi connectivity index (χ4v) is 4.98. The maximum absolute atomic E-state index is 14.2. The van der Waals surface area contributed by atoms with E-state index in [1.54, 1.807) is 28.8 Å². The van der Waals surface area contributed by atoms with Gasteiger partial charge in [-0.2, -0.15) is 13.2 Å². The van der Waals surface area contributed by atoms with Crippen LogP contribution in [-0.4, -0.2) is 26.4 Å². The van der Waals surface area contributed by atoms with Crippen molar-refractivity contribution in [3.63, 3.8) is 0 Å². The Labute approximate surface area is 232 Å². The molecule has 41 heavy (non-hydrogen) atoms. The molecule has 1 aliphatic rings. The van der Waals surface area contributed by atoms with E-state index in [4.69, 9.17) is 11.6 Å². The van der Waals surface area contributed by atoms with Gasteiger partial charge in [-0.1, -0.05) is 11.6 Å². The van der Waals surface area contributed by atoms with Crippen molar-refractivity contribution in [3.8, 4) is 11.1 Å². The summed E-state index contributed by atoms with van der Waals surface area (Å²) >= 11 is 6.33. The summed E-state index contributed by atoms with van der Waals surface area (Å²) in [6.07, 6.45) is -1.75. The van der Waals surface area contributed by atoms with Crippen LogP contribution in [0, 0.1) is 11.6 Å². The highest BCUT2D eigenvalue weighted by molar-refractivity contribution is 6.31. The average Bonchev–Trinajstić information content (AvgIpc) is 3.53. The highest BCUT2D eigenvalue weighted by Crippen LogP contribution is 2.42. The lowest BCUT2D eigenvalue weighted by molar-refractivity contribution is -0.137. The summed E-state index contributed by atoms with van der Waals surface area (Å²) < 4.78 is 69.8. The van der Waals surface area contributed by atoms with Gasteiger partial charge in [-0.3, -0.25) is 14.0 Å². The Bertz CT molecular complexity index is 1890. The Morgan fingerprint density at radius 2 is 1.78 bits per heavy atom. The molecule has 0 bridgehead atoms. The largest absolute Gasteiger partial charge is 0.416 e. The van der Waals surface area contributed by atoms with Crippen molar-refractivity contribution in [2.75, 3.05) is 5.32 Å². The van der Waals surface area contributed by atoms with Gasteiger partial charge in [-0.05, 0) is 71.8 Å². The van der Waals surface area contributed by atoms with Crippen LogP contribution >= 0.6 is 11.6 Å². The third-order valence-electron chi connectivity index (χ3n) is 6.62. The van der Waals surface area contributed by atoms with E-state index < -0.39 is 46.8 Å². The molecule has 1 aliphatic heterocycles. The molecule has 3 aromatic carbocycles. The molecule has 206 valence electrons. The van der Waals surface area contributed by atoms with E-state index in [1.165, 1.54) is 18.5 Å². The number of halogens is 6. The second-order valence-electron chi connectivity index (χ2n) is 9.25. The number of fused-ring (bicyclic) bond motifs is 2. The zero-order valence-corrected chi connectivity index (χ0v) is 21.2. The monoisotopic (exact) mass is 583 g/mol. The Morgan fingerprint density at radius 1 is 0.976 bits per heavy atom. The number of carbonyl (C=O) groups is 2. The van der Waals surface area contributed by atoms with Crippen LogP contribution in [0.2, 0.25) is 5.02 Å². The predicted octanol–water partition coefficient (Wildman–Crippen LogP) is 6.43. The van der Waals surface area contributed by atoms with Crippen molar-refractivity contribution < 1.29 is 31.5 Å². The highest BCUT2D eigenvalue weighted by Gasteiger charge is 2.36. The summed E-state index contributed by atoms with van der Waals surface area (Å²) in [5.74, 6) is -3.51. The second-order valence-corrected chi connectivity index (χ2v) is 9.66. The standard InChI is InChI=1S/C28H15ClF5N5O2/c29-21-3-2-17(30)10-19(21)25-24-20(27(41)37-25)7-14(13-1-4-23-38-35-12-39(23)11-13)8-22(24)36-26(40)15-5-16(28(32,33)34)9-18(31)6-15/h1-12,25H,(H,36,40)(H,37,41). The Hall–Kier alpha value is -4.84. The van der Waals surface area contributed by atoms with Crippen molar-refractivity contribution in [3.05, 3.63) is 118 Å². The van der Waals surface area contributed by atoms with Crippen LogP contribution in [0.25, 0.3) is 16.8 Å². The van der Waals surface area contributed by atoms with Gasteiger partial charge in [0.1, 0.15) is 18.0 Å². The first-order chi connectivity index (χ1) is 19.5. The summed E-state index contributed by atoms with van der Waals surface area (Å²) in [7, 11) is 0. The van der Waals surface area contributed by atoms with E-state index >= 15 is 0 Å². The Morgan fingerprint density at radius 3 is 2.56 bits per heavy atom. The van der Waals surface area contributed by atoms with E-state index in [0.717, 1.165) is 12.1 Å². The van der Waals surface area contributed by atoms with Gasteiger partial charge in [-0.15, -0.1) is 10.2 Å². The minimum atomic E-state index is -4.89. The molecular formula is C28H15ClF5N5O2. The molecule has 6 rings (SSSR count). The quantitative estimate of drug-likeness (QED) is 0.239. The van der Waals surface area contributed by atoms with Crippen molar-refractivity contribution in [2.24, 2.45) is 0 Å². The molecule has 2 amide bonds. The van der Waals surface area contributed by atoms with Gasteiger partial charge in [0, 0.05) is 39.2 Å². The SMILES string of the molecule is O=C(Nc1cc(-c2ccc3nncn3c2)cc2c1C(c1cc(F)ccc1Cl)NC2=O)c1cc(F)cc(C(F)(F)F)c1. The molecule has 0 radical (unpaired) electrons. The molecule has 0 spiro atoms. The van der Waals surface area contributed by atoms with Gasteiger partial charge < -0.3 is 10.6 Å². The maximum Gasteiger partial charge on any atom is 0.416 e. The van der Waals surface area contributed by atoms with E-state index in [2.05, 4.69) is 20.8 Å². The number of aromatic nitrogens is 3. The highest BCUT2D eigenvalue weighted by atomic mass is 35.5. The first kappa shape index (κ1) is 26.4. The Kier molecular flexibility index (Phi) is 6.22. The maximum atomic E-state index is 14.2. The molecule has 2 N–H and O–H groups in total. The number of hydrogen-bond donors (Lipinski definition) is 2. The van der Waals surface area contributed by atoms with E-state index in [-0.39, 0.29) is 33.5 Å². The van der Waals surface area contributed by atoms with Crippen molar-refractivity contribution in [1.29, 1.82) is 0 Å². The first-order valence-electron chi connectivity index (χ1n) is 11.9. The summed E-state index contributed by atoms with van der Waals surface area (Å²) in [6.45, 7) is 0. The lowest BCUT2D eigenvalue weighted by Crippen LogP contribution is -2.21. The fourth-order valence-electron chi connectivity index (χ4n) is 4.75. The van der Waals surface area contributed by atoms with Gasteiger partial charge in [0.25, 0.3) is 11.8 Å². The molecule has 0 saturated carbocycles. The van der Waals surface area contributed by atoms with Crippen LogP contribution in [0.1, 0.15) is 43.4 Å². The zero-order chi connectivity index (χ0) is 29.1. The third-order valence-corrected chi connectivity index (χ3v) is 6.96. The van der Waals surface area contributed by atoms with Crippen molar-refractivity contribution in [2.45, 2.75) is 12.2 Å². The third kappa shape index (κ3) is 4.86. The first-order valence-corrected chi connectivity index (χ1v) is 12.3. The predicted molar refractivity (Wildman–Crippen MR) is 138 cm³/mol. The van der Waals surface area contributed by atoms with Crippen LogP contribution in [0.3, 0.4) is 0 Å². The number of carbonyl (C=O) groups excluding carboxylic acids is 2. The number of amides is 2. The second kappa shape index (κ2) is 9.66. The lowest BCUT2D eigenvalue weighted by Gasteiger charge is -2.19. The molecule has 0 aliphatic carbocycles. The van der Waals surface area contributed by atoms with Gasteiger partial charge in [0.05, 0.1) is 11.6 Å². The Balaban J connectivity index is 1.51. The zero-order valence-electron chi connectivity index (χ0n) is 20.4. The molecule has 1 unspecified atom stereocenters. The van der Waals surface area contributed by atoms with Crippen LogP contribution in [0.5, 0.6) is 0 Å². The lowest BCUT2D eigenvalue weighted by atomic mass is 9.93. The number of rotatable bonds is 4. The summed E-state index contributed by atoms with van der Waals surface area (Å²) in [5.41, 5.74) is 0.177. The molecule has 5 aromatic rings. The fraction of sp³-hybridized carbons (Fsp3) is 0.0714. The minimum Gasteiger partial charge on any atom is -0.341 e. The molecule has 0 fully saturated rings. The molecule has 3 heterocycles. The van der Waals surface area contributed by atoms with Gasteiger partial charge in [-0.25, -0.2) is 8.78 Å². The number of benzene rings is 3. The van der Waals surface area contributed by atoms with E-state index in [9.17, 15) is 31.5 Å². The van der Waals surface area contributed by atoms with Gasteiger partial charge >= 0.3 is 6.18 Å². The topological polar surface area (TPSA) is 88.4 Å². The van der Waals surface area contributed by atoms with Crippen molar-refractivity contribution in [1.82, 2.24) is 19.9 Å². The molecule has 2 aromatic heterocycles. The average molecular weight is 584 g/mol. The smallest absolute Gasteiger partial charge is 0.341 e. The summed E-state index contributed by atoms with van der Waals surface area (Å²) in [6, 6.07) is 10.5. The number of nitrogens with one attached hydrogen (secondary N) is 2.